The van der Waals surface area contributed by atoms with E-state index >= 15 is 0 Å². The maximum Gasteiger partial charge on any atom is 0.538 e. The van der Waals surface area contributed by atoms with Crippen LogP contribution in [0, 0.1) is 0 Å². The summed E-state index contributed by atoms with van der Waals surface area (Å²) in [5.41, 5.74) is 10.9. The van der Waals surface area contributed by atoms with Crippen LogP contribution in [0.3, 0.4) is 0 Å². The highest BCUT2D eigenvalue weighted by Gasteiger charge is 2.38. The Labute approximate surface area is 137 Å². The second-order valence-electron chi connectivity index (χ2n) is 5.53. The molecule has 0 aliphatic carbocycles. The highest BCUT2D eigenvalue weighted by atomic mass is 16.5. The van der Waals surface area contributed by atoms with Crippen LogP contribution in [-0.2, 0) is 16.1 Å². The Morgan fingerprint density at radius 2 is 2.21 bits per heavy atom. The number of hydrogen-bond donors (Lipinski definition) is 3. The van der Waals surface area contributed by atoms with E-state index in [9.17, 15) is 14.4 Å². The van der Waals surface area contributed by atoms with Gasteiger partial charge in [-0.15, -0.1) is 0 Å². The van der Waals surface area contributed by atoms with Crippen LogP contribution in [-0.4, -0.2) is 50.6 Å². The lowest BCUT2D eigenvalue weighted by Crippen LogP contribution is -2.45. The van der Waals surface area contributed by atoms with Gasteiger partial charge >= 0.3 is 12.0 Å². The number of rotatable bonds is 7. The van der Waals surface area contributed by atoms with Gasteiger partial charge in [0.25, 0.3) is 0 Å². The fourth-order valence-corrected chi connectivity index (χ4v) is 2.45. The Morgan fingerprint density at radius 1 is 1.46 bits per heavy atom. The number of nitrogens with zero attached hydrogens (tertiary/aromatic N) is 3. The van der Waals surface area contributed by atoms with Crippen LogP contribution in [0.2, 0.25) is 0 Å². The first-order valence-corrected chi connectivity index (χ1v) is 7.54. The number of aromatic nitrogens is 2. The minimum atomic E-state index is -0.775. The van der Waals surface area contributed by atoms with E-state index in [4.69, 9.17) is 21.1 Å². The molecule has 1 aromatic heterocycles. The number of urea groups is 1. The lowest BCUT2D eigenvalue weighted by atomic mass is 10.1. The molecule has 0 saturated carbocycles. The molecule has 0 spiro atoms. The van der Waals surface area contributed by atoms with Crippen molar-refractivity contribution in [2.45, 2.75) is 44.3 Å². The third kappa shape index (κ3) is 4.41. The van der Waals surface area contributed by atoms with Gasteiger partial charge < -0.3 is 31.3 Å². The van der Waals surface area contributed by atoms with Crippen molar-refractivity contribution in [1.29, 1.82) is 0 Å². The molecular weight excluding hydrogens is 320 g/mol. The number of carbonyl (C=O) groups excluding carboxylic acids is 3. The highest BCUT2D eigenvalue weighted by Crippen LogP contribution is 2.17. The van der Waals surface area contributed by atoms with Gasteiger partial charge in [-0.05, 0) is 19.3 Å². The van der Waals surface area contributed by atoms with Crippen molar-refractivity contribution in [3.8, 4) is 0 Å². The van der Waals surface area contributed by atoms with Crippen LogP contribution in [0.15, 0.2) is 4.52 Å². The Morgan fingerprint density at radius 3 is 2.88 bits per heavy atom. The van der Waals surface area contributed by atoms with Gasteiger partial charge in [-0.25, -0.2) is 4.79 Å². The number of primary amides is 1. The molecule has 11 nitrogen and oxygen atoms in total. The Kier molecular flexibility index (Phi) is 5.68. The maximum absolute atomic E-state index is 12.1. The number of amides is 3. The molecule has 24 heavy (non-hydrogen) atoms. The van der Waals surface area contributed by atoms with Crippen molar-refractivity contribution in [1.82, 2.24) is 20.4 Å². The first-order valence-electron chi connectivity index (χ1n) is 7.54. The summed E-state index contributed by atoms with van der Waals surface area (Å²) < 4.78 is 4.99. The van der Waals surface area contributed by atoms with E-state index < -0.39 is 30.0 Å². The van der Waals surface area contributed by atoms with E-state index in [0.717, 1.165) is 0 Å². The molecule has 2 atom stereocenters. The number of hydrogen-bond acceptors (Lipinski definition) is 7. The van der Waals surface area contributed by atoms with Gasteiger partial charge in [0, 0.05) is 17.8 Å². The molecule has 1 fully saturated rings. The zero-order chi connectivity index (χ0) is 17.7. The number of carbonyl (C=O) groups is 3. The minimum absolute atomic E-state index is 0.0240. The van der Waals surface area contributed by atoms with Gasteiger partial charge in [0.05, 0.1) is 12.6 Å². The van der Waals surface area contributed by atoms with Gasteiger partial charge in [-0.2, -0.15) is 4.98 Å². The third-order valence-corrected chi connectivity index (χ3v) is 3.72. The summed E-state index contributed by atoms with van der Waals surface area (Å²) in [5, 5.41) is 13.4. The second kappa shape index (κ2) is 7.73. The highest BCUT2D eigenvalue weighted by molar-refractivity contribution is 5.83. The summed E-state index contributed by atoms with van der Waals surface area (Å²) in [4.78, 5) is 39.3. The Balaban J connectivity index is 1.85. The molecule has 1 aliphatic rings. The quantitative estimate of drug-likeness (QED) is 0.492. The van der Waals surface area contributed by atoms with Crippen molar-refractivity contribution in [3.05, 3.63) is 11.7 Å². The van der Waals surface area contributed by atoms with Gasteiger partial charge in [-0.1, -0.05) is 5.16 Å². The summed E-state index contributed by atoms with van der Waals surface area (Å²) in [7, 11) is 0. The summed E-state index contributed by atoms with van der Waals surface area (Å²) in [6.45, 7) is 0.401. The zero-order valence-electron chi connectivity index (χ0n) is 13.0. The van der Waals surface area contributed by atoms with Crippen LogP contribution in [0.4, 0.5) is 4.79 Å². The summed E-state index contributed by atoms with van der Waals surface area (Å²) in [5.74, 6) is -0.865. The molecule has 1 aromatic rings. The van der Waals surface area contributed by atoms with E-state index in [2.05, 4.69) is 15.5 Å². The molecule has 132 valence electrons. The van der Waals surface area contributed by atoms with Crippen LogP contribution in [0.1, 0.15) is 43.4 Å². The number of nitrogens with two attached hydrogens (primary N) is 2. The molecule has 0 aromatic carbocycles. The number of likely N-dealkylation sites (tertiary alicyclic amines) is 1. The fourth-order valence-electron chi connectivity index (χ4n) is 2.45. The van der Waals surface area contributed by atoms with Crippen molar-refractivity contribution < 1.29 is 24.0 Å². The minimum Gasteiger partial charge on any atom is -0.563 e. The van der Waals surface area contributed by atoms with Gasteiger partial charge in [0.1, 0.15) is 0 Å². The van der Waals surface area contributed by atoms with Crippen LogP contribution < -0.4 is 16.8 Å². The van der Waals surface area contributed by atoms with Crippen molar-refractivity contribution in [2.75, 3.05) is 6.54 Å². The first kappa shape index (κ1) is 17.7. The topological polar surface area (TPSA) is 180 Å². The van der Waals surface area contributed by atoms with Gasteiger partial charge in [0.2, 0.25) is 11.8 Å². The first-order chi connectivity index (χ1) is 11.4. The average Bonchev–Trinajstić information content (AvgIpc) is 3.19. The Hall–Kier alpha value is -2.69. The molecular formula is C13H21N6O5+. The molecule has 0 radical (unpaired) electrons. The lowest BCUT2D eigenvalue weighted by Gasteiger charge is -2.18. The molecule has 7 N–H and O–H groups in total. The lowest BCUT2D eigenvalue weighted by molar-refractivity contribution is -0.141. The third-order valence-electron chi connectivity index (χ3n) is 3.72. The molecule has 2 heterocycles. The van der Waals surface area contributed by atoms with Crippen molar-refractivity contribution >= 4 is 17.9 Å². The van der Waals surface area contributed by atoms with E-state index in [1.807, 2.05) is 0 Å². The standard InChI is InChI=1S/C13H20N6O5/c14-7(3-4-9(15)20)11-17-10(24-18-11)6-16-13(23)19-5-1-2-8(19)12(21)22/h7-8H,1-6,14H2,(H2,15,20)(H,16,23)(H,21,22)/p+1/t7-,8?/m0/s1. The zero-order valence-corrected chi connectivity index (χ0v) is 13.0. The Bertz CT molecular complexity index is 618. The van der Waals surface area contributed by atoms with Crippen molar-refractivity contribution in [3.63, 3.8) is 0 Å². The van der Waals surface area contributed by atoms with E-state index in [-0.39, 0.29) is 24.7 Å². The maximum atomic E-state index is 12.1. The van der Waals surface area contributed by atoms with Crippen LogP contribution >= 0.6 is 0 Å². The van der Waals surface area contributed by atoms with Crippen LogP contribution in [0.5, 0.6) is 0 Å². The van der Waals surface area contributed by atoms with E-state index in [0.29, 0.717) is 25.8 Å². The molecule has 11 heteroatoms. The molecule has 0 bridgehead atoms. The van der Waals surface area contributed by atoms with Crippen LogP contribution in [0.25, 0.3) is 0 Å². The summed E-state index contributed by atoms with van der Waals surface area (Å²) >= 11 is 0. The SMILES string of the molecule is NC(=O)CC[C@H](N)c1noc(CNC(=O)N2CCCC2C(=O)[OH2+])n1. The summed E-state index contributed by atoms with van der Waals surface area (Å²) in [6.07, 6.45) is 1.58. The molecule has 1 unspecified atom stereocenters. The van der Waals surface area contributed by atoms with E-state index in [1.165, 1.54) is 4.90 Å². The fraction of sp³-hybridized carbons (Fsp3) is 0.615. The van der Waals surface area contributed by atoms with Crippen molar-refractivity contribution in [2.24, 2.45) is 11.5 Å². The second-order valence-corrected chi connectivity index (χ2v) is 5.53. The normalized spacial score (nSPS) is 18.4. The molecule has 2 rings (SSSR count). The summed E-state index contributed by atoms with van der Waals surface area (Å²) in [6, 6.07) is -1.75. The molecule has 3 amide bonds. The van der Waals surface area contributed by atoms with E-state index in [1.54, 1.807) is 0 Å². The smallest absolute Gasteiger partial charge is 0.538 e. The largest absolute Gasteiger partial charge is 0.563 e. The molecule has 1 saturated heterocycles. The average molecular weight is 341 g/mol. The predicted molar refractivity (Wildman–Crippen MR) is 80.2 cm³/mol. The predicted octanol–water partition coefficient (Wildman–Crippen LogP) is -1.74. The number of nitrogens with one attached hydrogen (secondary N) is 1. The monoisotopic (exact) mass is 341 g/mol. The molecule has 1 aliphatic heterocycles. The van der Waals surface area contributed by atoms with Gasteiger partial charge in [0.15, 0.2) is 11.9 Å². The van der Waals surface area contributed by atoms with Gasteiger partial charge in [-0.3, -0.25) is 4.79 Å².